The molecule has 2 fully saturated rings. The zero-order valence-electron chi connectivity index (χ0n) is 19.5. The van der Waals surface area contributed by atoms with Gasteiger partial charge in [0.05, 0.1) is 22.3 Å². The van der Waals surface area contributed by atoms with Crippen LogP contribution in [0.2, 0.25) is 5.02 Å². The summed E-state index contributed by atoms with van der Waals surface area (Å²) in [6, 6.07) is 8.50. The van der Waals surface area contributed by atoms with Gasteiger partial charge < -0.3 is 14.9 Å². The first-order valence-electron chi connectivity index (χ1n) is 11.9. The summed E-state index contributed by atoms with van der Waals surface area (Å²) in [5, 5.41) is 9.63. The molecule has 1 unspecified atom stereocenters. The summed E-state index contributed by atoms with van der Waals surface area (Å²) in [7, 11) is 0. The topological polar surface area (TPSA) is 73.7 Å². The zero-order chi connectivity index (χ0) is 24.3. The third-order valence-corrected chi connectivity index (χ3v) is 8.24. The highest BCUT2D eigenvalue weighted by molar-refractivity contribution is 6.30. The maximum absolute atomic E-state index is 14.2. The molecule has 2 aliphatic heterocycles. The number of rotatable bonds is 3. The van der Waals surface area contributed by atoms with E-state index in [9.17, 15) is 19.1 Å². The van der Waals surface area contributed by atoms with E-state index in [1.54, 1.807) is 17.0 Å². The van der Waals surface area contributed by atoms with E-state index in [1.807, 2.05) is 26.0 Å². The number of amides is 1. The number of nitrogens with zero attached hydrogens (tertiary/aromatic N) is 3. The molecule has 1 spiro atoms. The van der Waals surface area contributed by atoms with E-state index in [0.717, 1.165) is 42.8 Å². The number of carbonyl (C=O) groups excluding carboxylic acids is 1. The molecule has 0 bridgehead atoms. The van der Waals surface area contributed by atoms with Crippen molar-refractivity contribution in [1.82, 2.24) is 9.88 Å². The van der Waals surface area contributed by atoms with Crippen molar-refractivity contribution < 1.29 is 19.1 Å². The fourth-order valence-corrected chi connectivity index (χ4v) is 6.24. The number of aliphatic carboxylic acids is 1. The highest BCUT2D eigenvalue weighted by Gasteiger charge is 2.47. The van der Waals surface area contributed by atoms with Crippen LogP contribution in [0.4, 0.5) is 15.8 Å². The molecule has 2 aromatic rings. The lowest BCUT2D eigenvalue weighted by Gasteiger charge is -2.42. The van der Waals surface area contributed by atoms with Crippen LogP contribution < -0.4 is 4.90 Å². The summed E-state index contributed by atoms with van der Waals surface area (Å²) in [6.45, 7) is 5.28. The summed E-state index contributed by atoms with van der Waals surface area (Å²) in [5.74, 6) is -1.90. The summed E-state index contributed by atoms with van der Waals surface area (Å²) in [5.41, 5.74) is 2.26. The van der Waals surface area contributed by atoms with Crippen molar-refractivity contribution in [2.45, 2.75) is 51.4 Å². The van der Waals surface area contributed by atoms with Crippen LogP contribution in [-0.4, -0.2) is 46.5 Å². The number of anilines is 2. The second kappa shape index (κ2) is 8.22. The first-order valence-corrected chi connectivity index (χ1v) is 12.3. The number of carboxylic acids is 1. The number of carboxylic acid groups (broad SMARTS) is 1. The van der Waals surface area contributed by atoms with Crippen LogP contribution in [0, 0.1) is 17.2 Å². The largest absolute Gasteiger partial charge is 0.481 e. The molecule has 8 heteroatoms. The average Bonchev–Trinajstić information content (AvgIpc) is 3.39. The smallest absolute Gasteiger partial charge is 0.307 e. The minimum Gasteiger partial charge on any atom is -0.481 e. The molecule has 5 rings (SSSR count). The highest BCUT2D eigenvalue weighted by atomic mass is 35.5. The van der Waals surface area contributed by atoms with Crippen molar-refractivity contribution in [2.24, 2.45) is 11.3 Å². The molecule has 180 valence electrons. The Morgan fingerprint density at radius 2 is 1.88 bits per heavy atom. The van der Waals surface area contributed by atoms with E-state index >= 15 is 0 Å². The predicted octanol–water partition coefficient (Wildman–Crippen LogP) is 5.41. The lowest BCUT2D eigenvalue weighted by Crippen LogP contribution is -2.50. The van der Waals surface area contributed by atoms with E-state index in [2.05, 4.69) is 4.90 Å². The van der Waals surface area contributed by atoms with Gasteiger partial charge in [-0.25, -0.2) is 9.37 Å². The second-order valence-corrected chi connectivity index (χ2v) is 11.0. The van der Waals surface area contributed by atoms with E-state index in [0.29, 0.717) is 31.7 Å². The van der Waals surface area contributed by atoms with Gasteiger partial charge in [0.25, 0.3) is 5.91 Å². The number of halogens is 2. The number of piperidine rings is 1. The quantitative estimate of drug-likeness (QED) is 0.629. The number of fused-ring (bicyclic) bond motifs is 2. The molecule has 1 saturated carbocycles. The summed E-state index contributed by atoms with van der Waals surface area (Å²) in [4.78, 5) is 33.8. The van der Waals surface area contributed by atoms with Gasteiger partial charge >= 0.3 is 5.97 Å². The van der Waals surface area contributed by atoms with E-state index in [-0.39, 0.29) is 16.3 Å². The number of carbonyl (C=O) groups is 2. The van der Waals surface area contributed by atoms with Crippen LogP contribution in [0.1, 0.15) is 62.1 Å². The Kier molecular flexibility index (Phi) is 5.58. The molecule has 1 saturated heterocycles. The third kappa shape index (κ3) is 3.74. The minimum atomic E-state index is -0.811. The second-order valence-electron chi connectivity index (χ2n) is 10.6. The molecule has 1 atom stereocenters. The van der Waals surface area contributed by atoms with Crippen LogP contribution >= 0.6 is 11.6 Å². The number of likely N-dealkylation sites (tertiary alicyclic amines) is 1. The summed E-state index contributed by atoms with van der Waals surface area (Å²) >= 11 is 5.90. The number of hydrogen-bond acceptors (Lipinski definition) is 4. The molecule has 1 N–H and O–H groups in total. The van der Waals surface area contributed by atoms with Gasteiger partial charge in [0.15, 0.2) is 0 Å². The molecule has 3 heterocycles. The van der Waals surface area contributed by atoms with Gasteiger partial charge in [0.1, 0.15) is 11.5 Å². The minimum absolute atomic E-state index is 0.0902. The van der Waals surface area contributed by atoms with E-state index < -0.39 is 23.1 Å². The fourth-order valence-electron chi connectivity index (χ4n) is 6.12. The number of benzene rings is 1. The van der Waals surface area contributed by atoms with Gasteiger partial charge in [-0.15, -0.1) is 0 Å². The van der Waals surface area contributed by atoms with Gasteiger partial charge in [-0.2, -0.15) is 0 Å². The van der Waals surface area contributed by atoms with Crippen molar-refractivity contribution in [2.75, 3.05) is 24.5 Å². The lowest BCUT2D eigenvalue weighted by atomic mass is 9.74. The number of pyridine rings is 1. The van der Waals surface area contributed by atoms with Crippen molar-refractivity contribution >= 4 is 34.9 Å². The van der Waals surface area contributed by atoms with Gasteiger partial charge in [-0.1, -0.05) is 38.3 Å². The van der Waals surface area contributed by atoms with Crippen LogP contribution in [-0.2, 0) is 10.2 Å². The lowest BCUT2D eigenvalue weighted by molar-refractivity contribution is -0.148. The predicted molar refractivity (Wildman–Crippen MR) is 128 cm³/mol. The molecule has 6 nitrogen and oxygen atoms in total. The first-order chi connectivity index (χ1) is 16.1. The Morgan fingerprint density at radius 3 is 2.53 bits per heavy atom. The van der Waals surface area contributed by atoms with Crippen LogP contribution in [0.15, 0.2) is 30.3 Å². The van der Waals surface area contributed by atoms with E-state index in [1.165, 1.54) is 6.07 Å². The van der Waals surface area contributed by atoms with Gasteiger partial charge in [-0.05, 0) is 55.0 Å². The third-order valence-electron chi connectivity index (χ3n) is 7.94. The van der Waals surface area contributed by atoms with Crippen LogP contribution in [0.5, 0.6) is 0 Å². The molecular weight excluding hydrogens is 457 g/mol. The highest BCUT2D eigenvalue weighted by Crippen LogP contribution is 2.52. The Hall–Kier alpha value is -2.67. The molecule has 34 heavy (non-hydrogen) atoms. The number of aromatic nitrogens is 1. The maximum Gasteiger partial charge on any atom is 0.307 e. The average molecular weight is 486 g/mol. The SMILES string of the molecule is CC1(C)CN(C(=O)c2ccc3c(n2)C2(CCCC2)CN3c2ccc(Cl)c(F)c2)CCC1C(=O)O. The molecule has 1 aromatic carbocycles. The summed E-state index contributed by atoms with van der Waals surface area (Å²) < 4.78 is 14.2. The van der Waals surface area contributed by atoms with Crippen molar-refractivity contribution in [3.05, 3.63) is 52.6 Å². The van der Waals surface area contributed by atoms with Crippen molar-refractivity contribution in [1.29, 1.82) is 0 Å². The monoisotopic (exact) mass is 485 g/mol. The standard InChI is InChI=1S/C26H29ClFN3O3/c1-25(2)14-30(12-9-17(25)24(33)34)23(32)20-7-8-21-22(29-20)26(10-3-4-11-26)15-31(21)16-5-6-18(27)19(28)13-16/h5-8,13,17H,3-4,9-12,14-15H2,1-2H3,(H,33,34). The normalized spacial score (nSPS) is 22.8. The Morgan fingerprint density at radius 1 is 1.15 bits per heavy atom. The van der Waals surface area contributed by atoms with Crippen molar-refractivity contribution in [3.63, 3.8) is 0 Å². The van der Waals surface area contributed by atoms with Crippen LogP contribution in [0.25, 0.3) is 0 Å². The Labute approximate surface area is 203 Å². The van der Waals surface area contributed by atoms with Gasteiger partial charge in [-0.3, -0.25) is 9.59 Å². The molecule has 1 aliphatic carbocycles. The van der Waals surface area contributed by atoms with Crippen molar-refractivity contribution in [3.8, 4) is 0 Å². The van der Waals surface area contributed by atoms with Gasteiger partial charge in [0.2, 0.25) is 0 Å². The molecule has 0 radical (unpaired) electrons. The molecular formula is C26H29ClFN3O3. The van der Waals surface area contributed by atoms with Crippen LogP contribution in [0.3, 0.4) is 0 Å². The zero-order valence-corrected chi connectivity index (χ0v) is 20.2. The number of hydrogen-bond donors (Lipinski definition) is 1. The molecule has 1 amide bonds. The Balaban J connectivity index is 1.48. The maximum atomic E-state index is 14.2. The fraction of sp³-hybridized carbons (Fsp3) is 0.500. The molecule has 1 aromatic heterocycles. The summed E-state index contributed by atoms with van der Waals surface area (Å²) in [6.07, 6.45) is 4.58. The molecule has 3 aliphatic rings. The van der Waals surface area contributed by atoms with E-state index in [4.69, 9.17) is 16.6 Å². The van der Waals surface area contributed by atoms with Gasteiger partial charge in [0, 0.05) is 30.7 Å². The Bertz CT molecular complexity index is 1160. The first kappa shape index (κ1) is 23.1.